The number of hydrogen-bond donors (Lipinski definition) is 1. The van der Waals surface area contributed by atoms with Crippen molar-refractivity contribution in [2.75, 3.05) is 44.2 Å². The van der Waals surface area contributed by atoms with Crippen LogP contribution in [0, 0.1) is 6.92 Å². The Kier molecular flexibility index (Phi) is 7.47. The molecule has 0 aliphatic carbocycles. The molecule has 186 valence electrons. The zero-order chi connectivity index (χ0) is 24.7. The minimum atomic E-state index is -0.0497. The Bertz CT molecular complexity index is 1280. The molecule has 4 aromatic rings. The molecule has 0 bridgehead atoms. The number of pyridine rings is 1. The normalized spacial score (nSPS) is 14.2. The molecule has 1 saturated heterocycles. The SMILES string of the molecule is Cc1cccn2cc(COc3ccc(C(=O)NCCCN4CCN(c5ccccc5)CC4)cc3)nc12. The number of fused-ring (bicyclic) bond motifs is 1. The van der Waals surface area contributed by atoms with Crippen molar-refractivity contribution in [3.8, 4) is 5.75 Å². The number of aryl methyl sites for hydroxylation is 1. The van der Waals surface area contributed by atoms with Gasteiger partial charge in [-0.1, -0.05) is 24.3 Å². The van der Waals surface area contributed by atoms with Crippen LogP contribution < -0.4 is 15.0 Å². The third kappa shape index (κ3) is 5.86. The molecule has 1 aliphatic heterocycles. The topological polar surface area (TPSA) is 62.1 Å². The lowest BCUT2D eigenvalue weighted by molar-refractivity contribution is 0.0951. The molecule has 0 unspecified atom stereocenters. The lowest BCUT2D eigenvalue weighted by atomic mass is 10.2. The van der Waals surface area contributed by atoms with Crippen LogP contribution in [0.4, 0.5) is 5.69 Å². The quantitative estimate of drug-likeness (QED) is 0.362. The Hall–Kier alpha value is -3.84. The summed E-state index contributed by atoms with van der Waals surface area (Å²) in [5, 5.41) is 3.04. The van der Waals surface area contributed by atoms with Gasteiger partial charge >= 0.3 is 0 Å². The minimum Gasteiger partial charge on any atom is -0.487 e. The van der Waals surface area contributed by atoms with Gasteiger partial charge in [0.1, 0.15) is 18.0 Å². The maximum absolute atomic E-state index is 12.5. The van der Waals surface area contributed by atoms with Crippen molar-refractivity contribution in [1.29, 1.82) is 0 Å². The highest BCUT2D eigenvalue weighted by molar-refractivity contribution is 5.94. The van der Waals surface area contributed by atoms with E-state index in [1.807, 2.05) is 48.0 Å². The van der Waals surface area contributed by atoms with Crippen LogP contribution in [0.1, 0.15) is 28.0 Å². The number of rotatable bonds is 9. The van der Waals surface area contributed by atoms with Gasteiger partial charge in [-0.3, -0.25) is 9.69 Å². The van der Waals surface area contributed by atoms with Gasteiger partial charge in [-0.2, -0.15) is 0 Å². The monoisotopic (exact) mass is 483 g/mol. The van der Waals surface area contributed by atoms with Gasteiger partial charge in [-0.05, 0) is 67.9 Å². The van der Waals surface area contributed by atoms with E-state index in [-0.39, 0.29) is 5.91 Å². The molecular weight excluding hydrogens is 450 g/mol. The van der Waals surface area contributed by atoms with Crippen LogP contribution in [-0.4, -0.2) is 59.5 Å². The van der Waals surface area contributed by atoms with Gasteiger partial charge in [0.25, 0.3) is 5.91 Å². The molecule has 2 aromatic heterocycles. The highest BCUT2D eigenvalue weighted by atomic mass is 16.5. The first-order valence-electron chi connectivity index (χ1n) is 12.6. The van der Waals surface area contributed by atoms with Crippen LogP contribution in [0.2, 0.25) is 0 Å². The first kappa shape index (κ1) is 23.9. The van der Waals surface area contributed by atoms with Gasteiger partial charge in [-0.25, -0.2) is 4.98 Å². The van der Waals surface area contributed by atoms with Crippen LogP contribution in [0.15, 0.2) is 79.1 Å². The van der Waals surface area contributed by atoms with E-state index >= 15 is 0 Å². The van der Waals surface area contributed by atoms with Crippen molar-refractivity contribution in [3.63, 3.8) is 0 Å². The number of benzene rings is 2. The predicted octanol–water partition coefficient (Wildman–Crippen LogP) is 4.16. The molecule has 5 rings (SSSR count). The van der Waals surface area contributed by atoms with E-state index in [9.17, 15) is 4.79 Å². The predicted molar refractivity (Wildman–Crippen MR) is 143 cm³/mol. The third-order valence-corrected chi connectivity index (χ3v) is 6.66. The first-order valence-corrected chi connectivity index (χ1v) is 12.6. The van der Waals surface area contributed by atoms with Crippen molar-refractivity contribution in [2.24, 2.45) is 0 Å². The molecule has 1 fully saturated rings. The second kappa shape index (κ2) is 11.3. The lowest BCUT2D eigenvalue weighted by Crippen LogP contribution is -2.47. The van der Waals surface area contributed by atoms with E-state index in [1.54, 1.807) is 12.1 Å². The van der Waals surface area contributed by atoms with Crippen LogP contribution in [0.3, 0.4) is 0 Å². The number of imidazole rings is 1. The fourth-order valence-electron chi connectivity index (χ4n) is 4.61. The Balaban J connectivity index is 1.01. The van der Waals surface area contributed by atoms with Gasteiger partial charge in [0.2, 0.25) is 0 Å². The first-order chi connectivity index (χ1) is 17.7. The van der Waals surface area contributed by atoms with E-state index in [1.165, 1.54) is 5.69 Å². The average Bonchev–Trinajstić information content (AvgIpc) is 3.36. The molecule has 1 N–H and O–H groups in total. The van der Waals surface area contributed by atoms with Crippen LogP contribution in [0.5, 0.6) is 5.75 Å². The number of carbonyl (C=O) groups is 1. The molecule has 7 nitrogen and oxygen atoms in total. The molecule has 0 radical (unpaired) electrons. The van der Waals surface area contributed by atoms with Crippen LogP contribution in [0.25, 0.3) is 5.65 Å². The molecule has 0 atom stereocenters. The molecule has 2 aromatic carbocycles. The summed E-state index contributed by atoms with van der Waals surface area (Å²) < 4.78 is 7.89. The molecular formula is C29H33N5O2. The molecule has 0 spiro atoms. The summed E-state index contributed by atoms with van der Waals surface area (Å²) in [6, 6.07) is 21.9. The zero-order valence-corrected chi connectivity index (χ0v) is 20.8. The van der Waals surface area contributed by atoms with E-state index in [0.29, 0.717) is 18.7 Å². The summed E-state index contributed by atoms with van der Waals surface area (Å²) in [5.74, 6) is 0.668. The summed E-state index contributed by atoms with van der Waals surface area (Å²) in [5.41, 5.74) is 4.88. The molecule has 1 aliphatic rings. The number of amides is 1. The molecule has 7 heteroatoms. The van der Waals surface area contributed by atoms with Crippen molar-refractivity contribution in [3.05, 3.63) is 95.9 Å². The minimum absolute atomic E-state index is 0.0497. The number of piperazine rings is 1. The molecule has 3 heterocycles. The number of ether oxygens (including phenoxy) is 1. The number of anilines is 1. The second-order valence-electron chi connectivity index (χ2n) is 9.24. The fourth-order valence-corrected chi connectivity index (χ4v) is 4.61. The van der Waals surface area contributed by atoms with Crippen molar-refractivity contribution >= 4 is 17.2 Å². The number of aromatic nitrogens is 2. The van der Waals surface area contributed by atoms with Crippen molar-refractivity contribution in [2.45, 2.75) is 20.0 Å². The van der Waals surface area contributed by atoms with Gasteiger partial charge in [0.15, 0.2) is 0 Å². The Morgan fingerprint density at radius 3 is 2.50 bits per heavy atom. The largest absolute Gasteiger partial charge is 0.487 e. The number of nitrogens with one attached hydrogen (secondary N) is 1. The zero-order valence-electron chi connectivity index (χ0n) is 20.8. The number of carbonyl (C=O) groups excluding carboxylic acids is 1. The summed E-state index contributed by atoms with van der Waals surface area (Å²) in [7, 11) is 0. The summed E-state index contributed by atoms with van der Waals surface area (Å²) in [4.78, 5) is 22.1. The van der Waals surface area contributed by atoms with E-state index in [4.69, 9.17) is 4.74 Å². The van der Waals surface area contributed by atoms with Gasteiger partial charge < -0.3 is 19.4 Å². The van der Waals surface area contributed by atoms with Crippen molar-refractivity contribution in [1.82, 2.24) is 19.6 Å². The van der Waals surface area contributed by atoms with Crippen LogP contribution >= 0.6 is 0 Å². The molecule has 36 heavy (non-hydrogen) atoms. The maximum Gasteiger partial charge on any atom is 0.251 e. The average molecular weight is 484 g/mol. The smallest absolute Gasteiger partial charge is 0.251 e. The summed E-state index contributed by atoms with van der Waals surface area (Å²) in [6.07, 6.45) is 4.91. The summed E-state index contributed by atoms with van der Waals surface area (Å²) >= 11 is 0. The number of hydrogen-bond acceptors (Lipinski definition) is 5. The van der Waals surface area contributed by atoms with E-state index in [0.717, 1.165) is 61.8 Å². The highest BCUT2D eigenvalue weighted by Crippen LogP contribution is 2.17. The maximum atomic E-state index is 12.5. The van der Waals surface area contributed by atoms with Gasteiger partial charge in [0.05, 0.1) is 5.69 Å². The van der Waals surface area contributed by atoms with E-state index < -0.39 is 0 Å². The van der Waals surface area contributed by atoms with E-state index in [2.05, 4.69) is 50.4 Å². The van der Waals surface area contributed by atoms with Gasteiger partial charge in [-0.15, -0.1) is 0 Å². The van der Waals surface area contributed by atoms with Crippen molar-refractivity contribution < 1.29 is 9.53 Å². The second-order valence-corrected chi connectivity index (χ2v) is 9.24. The lowest BCUT2D eigenvalue weighted by Gasteiger charge is -2.36. The molecule has 1 amide bonds. The number of para-hydroxylation sites is 1. The Morgan fingerprint density at radius 2 is 1.75 bits per heavy atom. The Labute approximate surface area is 212 Å². The standard InChI is InChI=1S/C29H33N5O2/c1-23-7-5-16-34-21-25(31-28(23)34)22-36-27-12-10-24(11-13-27)29(35)30-14-6-15-32-17-19-33(20-18-32)26-8-3-2-4-9-26/h2-5,7-13,16,21H,6,14-15,17-20,22H2,1H3,(H,30,35). The third-order valence-electron chi connectivity index (χ3n) is 6.66. The number of nitrogens with zero attached hydrogens (tertiary/aromatic N) is 4. The summed E-state index contributed by atoms with van der Waals surface area (Å²) in [6.45, 7) is 8.29. The fraction of sp³-hybridized carbons (Fsp3) is 0.310. The van der Waals surface area contributed by atoms with Gasteiger partial charge in [0, 0.05) is 56.4 Å². The van der Waals surface area contributed by atoms with Crippen LogP contribution in [-0.2, 0) is 6.61 Å². The molecule has 0 saturated carbocycles. The highest BCUT2D eigenvalue weighted by Gasteiger charge is 2.16. The Morgan fingerprint density at radius 1 is 0.972 bits per heavy atom.